The lowest BCUT2D eigenvalue weighted by molar-refractivity contribution is 1.36. The predicted octanol–water partition coefficient (Wildman–Crippen LogP) is 2.07. The number of hydrogen-bond donors (Lipinski definition) is 1. The van der Waals surface area contributed by atoms with Crippen LogP contribution in [0.5, 0.6) is 0 Å². The van der Waals surface area contributed by atoms with E-state index in [1.165, 1.54) is 0 Å². The van der Waals surface area contributed by atoms with E-state index < -0.39 is 0 Å². The van der Waals surface area contributed by atoms with Gasteiger partial charge in [-0.2, -0.15) is 10.5 Å². The number of nitrogen functional groups attached to an aromatic ring is 1. The molecule has 1 aromatic carbocycles. The lowest BCUT2D eigenvalue weighted by Crippen LogP contribution is -1.88. The molecule has 1 aromatic rings. The molecule has 2 N–H and O–H groups in total. The first-order valence-corrected chi connectivity index (χ1v) is 4.11. The van der Waals surface area contributed by atoms with Crippen molar-refractivity contribution in [3.8, 4) is 12.1 Å². The zero-order valence-electron chi connectivity index (χ0n) is 7.57. The number of nitrogens with zero attached hydrogens (tertiary/aromatic N) is 2. The van der Waals surface area contributed by atoms with E-state index in [-0.39, 0.29) is 0 Å². The summed E-state index contributed by atoms with van der Waals surface area (Å²) in [4.78, 5) is 0. The summed E-state index contributed by atoms with van der Waals surface area (Å²) < 4.78 is 0. The van der Waals surface area contributed by atoms with E-state index in [4.69, 9.17) is 16.3 Å². The van der Waals surface area contributed by atoms with Crippen LogP contribution >= 0.6 is 0 Å². The highest BCUT2D eigenvalue weighted by Crippen LogP contribution is 2.14. The maximum atomic E-state index is 8.78. The Balaban J connectivity index is 3.02. The molecule has 0 aliphatic heterocycles. The van der Waals surface area contributed by atoms with Crippen LogP contribution in [-0.4, -0.2) is 0 Å². The van der Waals surface area contributed by atoms with Crippen LogP contribution in [0.2, 0.25) is 0 Å². The topological polar surface area (TPSA) is 73.6 Å². The van der Waals surface area contributed by atoms with Gasteiger partial charge in [0.25, 0.3) is 0 Å². The molecule has 0 fully saturated rings. The van der Waals surface area contributed by atoms with Crippen molar-refractivity contribution in [3.05, 3.63) is 35.4 Å². The Labute approximate surface area is 82.7 Å². The van der Waals surface area contributed by atoms with E-state index in [9.17, 15) is 0 Å². The molecule has 14 heavy (non-hydrogen) atoms. The fourth-order valence-electron chi connectivity index (χ4n) is 1.06. The molecule has 0 bridgehead atoms. The molecule has 0 atom stereocenters. The van der Waals surface area contributed by atoms with E-state index in [1.807, 2.05) is 6.07 Å². The third-order valence-electron chi connectivity index (χ3n) is 1.70. The first-order valence-electron chi connectivity index (χ1n) is 4.11. The van der Waals surface area contributed by atoms with Gasteiger partial charge < -0.3 is 5.73 Å². The first kappa shape index (κ1) is 9.83. The fraction of sp³-hybridized carbons (Fsp3) is 0.0909. The van der Waals surface area contributed by atoms with Gasteiger partial charge >= 0.3 is 0 Å². The number of rotatable bonds is 2. The number of nitriles is 2. The van der Waals surface area contributed by atoms with Crippen LogP contribution < -0.4 is 5.73 Å². The normalized spacial score (nSPS) is 9.57. The second kappa shape index (κ2) is 4.69. The molecule has 0 radical (unpaired) electrons. The van der Waals surface area contributed by atoms with Crippen molar-refractivity contribution in [2.75, 3.05) is 5.73 Å². The summed E-state index contributed by atoms with van der Waals surface area (Å²) in [6.07, 6.45) is 3.77. The highest BCUT2D eigenvalue weighted by atomic mass is 14.5. The molecule has 0 spiro atoms. The average Bonchev–Trinajstić information content (AvgIpc) is 2.19. The standard InChI is InChI=1S/C11H9N3/c12-6-2-1-3-9-7-11(14)5-4-10(9)8-13/h1,3-5,7H,2,14H2. The number of allylic oxidation sites excluding steroid dienone is 1. The van der Waals surface area contributed by atoms with Crippen molar-refractivity contribution in [1.82, 2.24) is 0 Å². The predicted molar refractivity (Wildman–Crippen MR) is 54.8 cm³/mol. The maximum Gasteiger partial charge on any atom is 0.0997 e. The Kier molecular flexibility index (Phi) is 3.29. The average molecular weight is 183 g/mol. The molecule has 0 heterocycles. The molecule has 0 aliphatic rings. The molecule has 0 unspecified atom stereocenters. The van der Waals surface area contributed by atoms with Gasteiger partial charge in [-0.05, 0) is 23.8 Å². The lowest BCUT2D eigenvalue weighted by Gasteiger charge is -1.98. The summed E-state index contributed by atoms with van der Waals surface area (Å²) in [6.45, 7) is 0. The maximum absolute atomic E-state index is 8.78. The van der Waals surface area contributed by atoms with Crippen molar-refractivity contribution in [2.45, 2.75) is 6.42 Å². The van der Waals surface area contributed by atoms with Gasteiger partial charge in [0.15, 0.2) is 0 Å². The molecule has 0 aliphatic carbocycles. The summed E-state index contributed by atoms with van der Waals surface area (Å²) in [5.41, 5.74) is 7.51. The number of anilines is 1. The van der Waals surface area contributed by atoms with Gasteiger partial charge in [-0.1, -0.05) is 12.2 Å². The first-order chi connectivity index (χ1) is 6.77. The third kappa shape index (κ3) is 2.36. The molecule has 0 amide bonds. The van der Waals surface area contributed by atoms with E-state index in [0.29, 0.717) is 17.7 Å². The molecule has 3 nitrogen and oxygen atoms in total. The van der Waals surface area contributed by atoms with Crippen LogP contribution in [-0.2, 0) is 0 Å². The highest BCUT2D eigenvalue weighted by Gasteiger charge is 1.97. The summed E-state index contributed by atoms with van der Waals surface area (Å²) in [5, 5.41) is 17.1. The molecular formula is C11H9N3. The van der Waals surface area contributed by atoms with Crippen LogP contribution in [0, 0.1) is 22.7 Å². The van der Waals surface area contributed by atoms with Crippen LogP contribution in [0.25, 0.3) is 6.08 Å². The quantitative estimate of drug-likeness (QED) is 0.713. The minimum atomic E-state index is 0.333. The minimum Gasteiger partial charge on any atom is -0.399 e. The molecule has 0 aromatic heterocycles. The van der Waals surface area contributed by atoms with Gasteiger partial charge in [0.05, 0.1) is 24.1 Å². The summed E-state index contributed by atoms with van der Waals surface area (Å²) in [5.74, 6) is 0. The zero-order chi connectivity index (χ0) is 10.4. The smallest absolute Gasteiger partial charge is 0.0997 e. The molecular weight excluding hydrogens is 174 g/mol. The van der Waals surface area contributed by atoms with Crippen molar-refractivity contribution in [3.63, 3.8) is 0 Å². The number of benzene rings is 1. The van der Waals surface area contributed by atoms with Crippen molar-refractivity contribution >= 4 is 11.8 Å². The Morgan fingerprint density at radius 1 is 1.36 bits per heavy atom. The lowest BCUT2D eigenvalue weighted by atomic mass is 10.1. The minimum absolute atomic E-state index is 0.333. The fourth-order valence-corrected chi connectivity index (χ4v) is 1.06. The van der Waals surface area contributed by atoms with Gasteiger partial charge in [0, 0.05) is 5.69 Å². The van der Waals surface area contributed by atoms with Crippen LogP contribution in [0.1, 0.15) is 17.5 Å². The number of nitrogens with two attached hydrogens (primary N) is 1. The van der Waals surface area contributed by atoms with Crippen molar-refractivity contribution in [2.24, 2.45) is 0 Å². The van der Waals surface area contributed by atoms with E-state index in [2.05, 4.69) is 6.07 Å². The Bertz CT molecular complexity index is 433. The van der Waals surface area contributed by atoms with Crippen LogP contribution in [0.4, 0.5) is 5.69 Å². The zero-order valence-corrected chi connectivity index (χ0v) is 7.57. The van der Waals surface area contributed by atoms with Crippen molar-refractivity contribution < 1.29 is 0 Å². The molecule has 68 valence electrons. The number of hydrogen-bond acceptors (Lipinski definition) is 3. The SMILES string of the molecule is N#CCC=Cc1cc(N)ccc1C#N. The van der Waals surface area contributed by atoms with Crippen LogP contribution in [0.15, 0.2) is 24.3 Å². The summed E-state index contributed by atoms with van der Waals surface area (Å²) in [7, 11) is 0. The van der Waals surface area contributed by atoms with E-state index in [1.54, 1.807) is 30.4 Å². The Morgan fingerprint density at radius 2 is 2.14 bits per heavy atom. The Morgan fingerprint density at radius 3 is 2.79 bits per heavy atom. The highest BCUT2D eigenvalue weighted by molar-refractivity contribution is 5.62. The van der Waals surface area contributed by atoms with Gasteiger partial charge in [-0.25, -0.2) is 0 Å². The van der Waals surface area contributed by atoms with Crippen molar-refractivity contribution in [1.29, 1.82) is 10.5 Å². The van der Waals surface area contributed by atoms with Crippen LogP contribution in [0.3, 0.4) is 0 Å². The van der Waals surface area contributed by atoms with Gasteiger partial charge in [-0.15, -0.1) is 0 Å². The summed E-state index contributed by atoms with van der Waals surface area (Å²) in [6, 6.07) is 9.11. The second-order valence-corrected chi connectivity index (χ2v) is 2.72. The van der Waals surface area contributed by atoms with E-state index in [0.717, 1.165) is 5.56 Å². The Hall–Kier alpha value is -2.26. The second-order valence-electron chi connectivity index (χ2n) is 2.72. The largest absolute Gasteiger partial charge is 0.399 e. The monoisotopic (exact) mass is 183 g/mol. The third-order valence-corrected chi connectivity index (χ3v) is 1.70. The van der Waals surface area contributed by atoms with E-state index >= 15 is 0 Å². The molecule has 0 saturated carbocycles. The molecule has 1 rings (SSSR count). The van der Waals surface area contributed by atoms with Gasteiger partial charge in [-0.3, -0.25) is 0 Å². The summed E-state index contributed by atoms with van der Waals surface area (Å²) >= 11 is 0. The molecule has 3 heteroatoms. The molecule has 0 saturated heterocycles. The van der Waals surface area contributed by atoms with Gasteiger partial charge in [0.2, 0.25) is 0 Å². The van der Waals surface area contributed by atoms with Gasteiger partial charge in [0.1, 0.15) is 0 Å².